The van der Waals surface area contributed by atoms with E-state index in [-0.39, 0.29) is 17.9 Å². The lowest BCUT2D eigenvalue weighted by molar-refractivity contribution is -0.139. The van der Waals surface area contributed by atoms with Crippen LogP contribution < -0.4 is 14.2 Å². The highest BCUT2D eigenvalue weighted by atomic mass is 16.5. The minimum absolute atomic E-state index is 0.000299. The van der Waals surface area contributed by atoms with Crippen molar-refractivity contribution in [3.05, 3.63) is 40.2 Å². The molecule has 1 N–H and O–H groups in total. The van der Waals surface area contributed by atoms with Gasteiger partial charge in [-0.25, -0.2) is 0 Å². The van der Waals surface area contributed by atoms with Crippen LogP contribution in [0.4, 0.5) is 0 Å². The molecule has 31 heavy (non-hydrogen) atoms. The Morgan fingerprint density at radius 3 is 2.10 bits per heavy atom. The van der Waals surface area contributed by atoms with Gasteiger partial charge in [0, 0.05) is 19.3 Å². The first kappa shape index (κ1) is 22.2. The van der Waals surface area contributed by atoms with Crippen LogP contribution in [0.1, 0.15) is 35.5 Å². The number of hydrogen-bond acceptors (Lipinski definition) is 7. The Morgan fingerprint density at radius 2 is 1.68 bits per heavy atom. The Morgan fingerprint density at radius 1 is 1.10 bits per heavy atom. The van der Waals surface area contributed by atoms with E-state index in [1.54, 1.807) is 44.6 Å². The van der Waals surface area contributed by atoms with Gasteiger partial charge in [-0.2, -0.15) is 5.10 Å². The largest absolute Gasteiger partial charge is 0.507 e. The summed E-state index contributed by atoms with van der Waals surface area (Å²) in [6.45, 7) is 5.58. The molecule has 9 nitrogen and oxygen atoms in total. The predicted molar refractivity (Wildman–Crippen MR) is 113 cm³/mol. The molecule has 2 aromatic rings. The third kappa shape index (κ3) is 3.39. The van der Waals surface area contributed by atoms with Gasteiger partial charge < -0.3 is 24.2 Å². The van der Waals surface area contributed by atoms with Crippen molar-refractivity contribution in [3.8, 4) is 17.2 Å². The number of nitrogens with zero attached hydrogens (tertiary/aromatic N) is 3. The number of aliphatic hydroxyl groups excluding tert-OH is 1. The number of ketones is 1. The maximum Gasteiger partial charge on any atom is 0.295 e. The number of aryl methyl sites for hydroxylation is 2. The first-order valence-corrected chi connectivity index (χ1v) is 9.80. The monoisotopic (exact) mass is 429 g/mol. The Hall–Kier alpha value is -3.49. The first-order chi connectivity index (χ1) is 14.7. The van der Waals surface area contributed by atoms with E-state index in [0.717, 1.165) is 0 Å². The third-order valence-electron chi connectivity index (χ3n) is 5.63. The molecule has 0 saturated carbocycles. The zero-order valence-corrected chi connectivity index (χ0v) is 18.8. The molecular weight excluding hydrogens is 402 g/mol. The van der Waals surface area contributed by atoms with Gasteiger partial charge in [-0.3, -0.25) is 14.3 Å². The summed E-state index contributed by atoms with van der Waals surface area (Å²) in [5.41, 5.74) is 2.23. The van der Waals surface area contributed by atoms with Crippen LogP contribution >= 0.6 is 0 Å². The lowest BCUT2D eigenvalue weighted by Crippen LogP contribution is -2.29. The number of carbonyl (C=O) groups excluding carboxylic acids is 2. The zero-order chi connectivity index (χ0) is 23.0. The summed E-state index contributed by atoms with van der Waals surface area (Å²) in [4.78, 5) is 27.2. The van der Waals surface area contributed by atoms with E-state index in [1.807, 2.05) is 0 Å². The maximum atomic E-state index is 13.0. The van der Waals surface area contributed by atoms with Gasteiger partial charge in [-0.15, -0.1) is 0 Å². The fourth-order valence-electron chi connectivity index (χ4n) is 4.06. The number of likely N-dealkylation sites (tertiary alicyclic amines) is 1. The first-order valence-electron chi connectivity index (χ1n) is 9.80. The van der Waals surface area contributed by atoms with Gasteiger partial charge in [0.05, 0.1) is 44.2 Å². The third-order valence-corrected chi connectivity index (χ3v) is 5.63. The number of rotatable bonds is 6. The van der Waals surface area contributed by atoms with Crippen LogP contribution in [0, 0.1) is 13.8 Å². The predicted octanol–water partition coefficient (Wildman–Crippen LogP) is 2.50. The van der Waals surface area contributed by atoms with Gasteiger partial charge in [-0.05, 0) is 38.5 Å². The zero-order valence-electron chi connectivity index (χ0n) is 18.8. The van der Waals surface area contributed by atoms with Gasteiger partial charge in [0.1, 0.15) is 5.76 Å². The lowest BCUT2D eigenvalue weighted by atomic mass is 9.94. The number of Topliss-reactive ketones (excluding diaryl/α,β-unsaturated/α-hetero) is 1. The highest BCUT2D eigenvalue weighted by Crippen LogP contribution is 2.45. The van der Waals surface area contributed by atoms with E-state index in [9.17, 15) is 14.7 Å². The Labute approximate surface area is 180 Å². The molecule has 1 aromatic carbocycles. The number of aliphatic hydroxyl groups is 1. The molecule has 1 amide bonds. The second kappa shape index (κ2) is 8.33. The van der Waals surface area contributed by atoms with E-state index in [0.29, 0.717) is 39.8 Å². The molecule has 1 aromatic heterocycles. The molecule has 1 unspecified atom stereocenters. The van der Waals surface area contributed by atoms with E-state index < -0.39 is 17.7 Å². The minimum atomic E-state index is -0.822. The second-order valence-corrected chi connectivity index (χ2v) is 7.21. The summed E-state index contributed by atoms with van der Waals surface area (Å²) >= 11 is 0. The summed E-state index contributed by atoms with van der Waals surface area (Å²) in [5, 5.41) is 15.5. The van der Waals surface area contributed by atoms with Crippen molar-refractivity contribution in [2.24, 2.45) is 7.05 Å². The van der Waals surface area contributed by atoms with Crippen molar-refractivity contribution >= 4 is 17.4 Å². The highest BCUT2D eigenvalue weighted by molar-refractivity contribution is 6.46. The van der Waals surface area contributed by atoms with Crippen molar-refractivity contribution < 1.29 is 28.9 Å². The van der Waals surface area contributed by atoms with Crippen molar-refractivity contribution in [2.75, 3.05) is 27.9 Å². The molecular formula is C22H27N3O6. The molecule has 166 valence electrons. The normalized spacial score (nSPS) is 17.9. The van der Waals surface area contributed by atoms with Gasteiger partial charge >= 0.3 is 0 Å². The average Bonchev–Trinajstić information content (AvgIpc) is 3.17. The minimum Gasteiger partial charge on any atom is -0.507 e. The molecule has 9 heteroatoms. The molecule has 1 atom stereocenters. The van der Waals surface area contributed by atoms with Crippen molar-refractivity contribution in [3.63, 3.8) is 0 Å². The summed E-state index contributed by atoms with van der Waals surface area (Å²) in [6.07, 6.45) is 0. The summed E-state index contributed by atoms with van der Waals surface area (Å²) in [5.74, 6) is -0.528. The summed E-state index contributed by atoms with van der Waals surface area (Å²) in [7, 11) is 6.22. The molecule has 0 aliphatic carbocycles. The Balaban J connectivity index is 2.32. The fourth-order valence-corrected chi connectivity index (χ4v) is 4.06. The van der Waals surface area contributed by atoms with Crippen LogP contribution in [0.2, 0.25) is 0 Å². The van der Waals surface area contributed by atoms with Crippen molar-refractivity contribution in [2.45, 2.75) is 26.8 Å². The number of ether oxygens (including phenoxy) is 3. The summed E-state index contributed by atoms with van der Waals surface area (Å²) in [6, 6.07) is 2.53. The molecule has 2 heterocycles. The second-order valence-electron chi connectivity index (χ2n) is 7.21. The van der Waals surface area contributed by atoms with Crippen LogP contribution in [0.3, 0.4) is 0 Å². The number of likely N-dealkylation sites (N-methyl/N-ethyl adjacent to an activating group) is 1. The van der Waals surface area contributed by atoms with Crippen LogP contribution in [0.15, 0.2) is 17.7 Å². The number of amides is 1. The van der Waals surface area contributed by atoms with Gasteiger partial charge in [0.25, 0.3) is 11.7 Å². The van der Waals surface area contributed by atoms with Crippen LogP contribution in [0.25, 0.3) is 5.76 Å². The standard InChI is InChI=1S/C22H27N3O6/c1-8-25-18(13-9-14(29-5)21(31-7)15(10-13)30-6)17(20(27)22(25)28)19(26)16-11(2)23-24(4)12(16)3/h9-10,18,26H,8H2,1-7H3/b19-17+. The van der Waals surface area contributed by atoms with Crippen LogP contribution in [-0.4, -0.2) is 59.4 Å². The smallest absolute Gasteiger partial charge is 0.295 e. The van der Waals surface area contributed by atoms with E-state index in [1.165, 1.54) is 26.2 Å². The Kier molecular flexibility index (Phi) is 5.97. The lowest BCUT2D eigenvalue weighted by Gasteiger charge is -2.25. The molecule has 0 radical (unpaired) electrons. The molecule has 0 spiro atoms. The van der Waals surface area contributed by atoms with E-state index in [2.05, 4.69) is 5.10 Å². The van der Waals surface area contributed by atoms with E-state index in [4.69, 9.17) is 14.2 Å². The maximum absolute atomic E-state index is 13.0. The topological polar surface area (TPSA) is 103 Å². The average molecular weight is 429 g/mol. The van der Waals surface area contributed by atoms with Crippen molar-refractivity contribution in [1.29, 1.82) is 0 Å². The quantitative estimate of drug-likeness (QED) is 0.427. The molecule has 1 saturated heterocycles. The van der Waals surface area contributed by atoms with Gasteiger partial charge in [0.15, 0.2) is 11.5 Å². The number of aromatic nitrogens is 2. The number of methoxy groups -OCH3 is 3. The summed E-state index contributed by atoms with van der Waals surface area (Å²) < 4.78 is 17.9. The van der Waals surface area contributed by atoms with Gasteiger partial charge in [0.2, 0.25) is 5.75 Å². The molecule has 1 aliphatic rings. The molecule has 1 aliphatic heterocycles. The number of hydrogen-bond donors (Lipinski definition) is 1. The van der Waals surface area contributed by atoms with Gasteiger partial charge in [-0.1, -0.05) is 0 Å². The van der Waals surface area contributed by atoms with Crippen LogP contribution in [0.5, 0.6) is 17.2 Å². The fraction of sp³-hybridized carbons (Fsp3) is 0.409. The SMILES string of the molecule is CCN1C(=O)C(=O)/C(=C(/O)c2c(C)nn(C)c2C)C1c1cc(OC)c(OC)c(OC)c1. The Bertz CT molecular complexity index is 1060. The van der Waals surface area contributed by atoms with Crippen molar-refractivity contribution in [1.82, 2.24) is 14.7 Å². The highest BCUT2D eigenvalue weighted by Gasteiger charge is 2.46. The van der Waals surface area contributed by atoms with E-state index >= 15 is 0 Å². The molecule has 0 bridgehead atoms. The van der Waals surface area contributed by atoms with Crippen LogP contribution in [-0.2, 0) is 16.6 Å². The number of carbonyl (C=O) groups is 2. The molecule has 3 rings (SSSR count). The number of benzene rings is 1. The molecule has 1 fully saturated rings.